The number of hydrogen-bond donors (Lipinski definition) is 2. The minimum absolute atomic E-state index is 0.311. The van der Waals surface area contributed by atoms with Gasteiger partial charge in [0.1, 0.15) is 17.2 Å². The topological polar surface area (TPSA) is 70.9 Å². The Balaban J connectivity index is 1.84. The van der Waals surface area contributed by atoms with E-state index in [1.165, 1.54) is 28.9 Å². The zero-order chi connectivity index (χ0) is 19.2. The summed E-state index contributed by atoms with van der Waals surface area (Å²) in [5, 5.41) is 14.6. The molecular formula is C19H18F2N6. The van der Waals surface area contributed by atoms with Crippen LogP contribution in [0.15, 0.2) is 42.6 Å². The minimum Gasteiger partial charge on any atom is -0.322 e. The summed E-state index contributed by atoms with van der Waals surface area (Å²) in [6.07, 6.45) is 1.29. The summed E-state index contributed by atoms with van der Waals surface area (Å²) >= 11 is 0. The minimum atomic E-state index is -0.624. The number of fused-ring (bicyclic) bond motifs is 1. The Hall–Kier alpha value is -3.29. The van der Waals surface area contributed by atoms with Crippen LogP contribution in [0.2, 0.25) is 0 Å². The van der Waals surface area contributed by atoms with Gasteiger partial charge in [-0.2, -0.15) is 10.2 Å². The normalized spacial score (nSPS) is 11.9. The van der Waals surface area contributed by atoms with Gasteiger partial charge in [-0.25, -0.2) is 18.3 Å². The van der Waals surface area contributed by atoms with Crippen LogP contribution in [-0.4, -0.2) is 24.8 Å². The van der Waals surface area contributed by atoms with E-state index in [1.54, 1.807) is 12.1 Å². The molecule has 6 nitrogen and oxygen atoms in total. The molecule has 0 spiro atoms. The number of H-pyrrole nitrogens is 1. The lowest BCUT2D eigenvalue weighted by Gasteiger charge is -2.24. The van der Waals surface area contributed by atoms with Crippen LogP contribution < -0.4 is 5.32 Å². The third-order valence-electron chi connectivity index (χ3n) is 4.51. The molecule has 3 aromatic heterocycles. The highest BCUT2D eigenvalue weighted by molar-refractivity contribution is 5.72. The number of aromatic amines is 1. The van der Waals surface area contributed by atoms with E-state index in [2.05, 4.69) is 25.6 Å². The average molecular weight is 368 g/mol. The number of nitrogens with zero attached hydrogens (tertiary/aromatic N) is 4. The van der Waals surface area contributed by atoms with E-state index in [1.807, 2.05) is 26.8 Å². The molecule has 0 aliphatic rings. The number of hydrogen-bond acceptors (Lipinski definition) is 4. The molecule has 0 radical (unpaired) electrons. The quantitative estimate of drug-likeness (QED) is 0.569. The van der Waals surface area contributed by atoms with E-state index in [0.717, 1.165) is 11.3 Å². The van der Waals surface area contributed by atoms with Crippen molar-refractivity contribution < 1.29 is 8.78 Å². The van der Waals surface area contributed by atoms with Gasteiger partial charge in [0, 0.05) is 17.8 Å². The number of benzene rings is 1. The van der Waals surface area contributed by atoms with Crippen LogP contribution in [0.3, 0.4) is 0 Å². The largest absolute Gasteiger partial charge is 0.322 e. The van der Waals surface area contributed by atoms with Gasteiger partial charge in [-0.15, -0.1) is 0 Å². The highest BCUT2D eigenvalue weighted by Gasteiger charge is 2.28. The Kier molecular flexibility index (Phi) is 3.91. The third-order valence-corrected chi connectivity index (χ3v) is 4.51. The molecule has 4 rings (SSSR count). The first kappa shape index (κ1) is 17.1. The van der Waals surface area contributed by atoms with Gasteiger partial charge in [0.15, 0.2) is 17.5 Å². The van der Waals surface area contributed by atoms with Crippen LogP contribution in [0.1, 0.15) is 30.9 Å². The second-order valence-electron chi connectivity index (χ2n) is 6.97. The molecule has 8 heteroatoms. The van der Waals surface area contributed by atoms with E-state index in [9.17, 15) is 8.78 Å². The molecule has 0 aliphatic heterocycles. The number of halogens is 2. The van der Waals surface area contributed by atoms with Crippen molar-refractivity contribution in [1.29, 1.82) is 0 Å². The van der Waals surface area contributed by atoms with Gasteiger partial charge in [-0.1, -0.05) is 12.1 Å². The Bertz CT molecular complexity index is 1110. The molecule has 0 saturated heterocycles. The molecule has 1 aromatic carbocycles. The lowest BCUT2D eigenvalue weighted by molar-refractivity contribution is 0.564. The summed E-state index contributed by atoms with van der Waals surface area (Å²) in [5.74, 6) is 0.745. The molecule has 0 bridgehead atoms. The molecule has 0 aliphatic carbocycles. The SMILES string of the molecule is Cc1cc(Nc2nc(C(C)(C)c3ccc(F)cc3)nn3cc(F)cc23)n[nH]1. The van der Waals surface area contributed by atoms with E-state index in [0.29, 0.717) is 23.0 Å². The molecule has 4 aromatic rings. The van der Waals surface area contributed by atoms with Crippen LogP contribution in [-0.2, 0) is 5.41 Å². The molecule has 2 N–H and O–H groups in total. The summed E-state index contributed by atoms with van der Waals surface area (Å²) in [6, 6.07) is 9.37. The van der Waals surface area contributed by atoms with Crippen LogP contribution in [0.25, 0.3) is 5.52 Å². The number of rotatable bonds is 4. The first-order valence-corrected chi connectivity index (χ1v) is 8.44. The fourth-order valence-corrected chi connectivity index (χ4v) is 2.92. The smallest absolute Gasteiger partial charge is 0.161 e. The van der Waals surface area contributed by atoms with Crippen LogP contribution in [0.4, 0.5) is 20.4 Å². The predicted molar refractivity (Wildman–Crippen MR) is 98.1 cm³/mol. The monoisotopic (exact) mass is 368 g/mol. The predicted octanol–water partition coefficient (Wildman–Crippen LogP) is 4.11. The highest BCUT2D eigenvalue weighted by atomic mass is 19.1. The first-order valence-electron chi connectivity index (χ1n) is 8.44. The maximum atomic E-state index is 13.9. The fourth-order valence-electron chi connectivity index (χ4n) is 2.92. The molecular weight excluding hydrogens is 350 g/mol. The van der Waals surface area contributed by atoms with Gasteiger partial charge in [-0.05, 0) is 38.5 Å². The highest BCUT2D eigenvalue weighted by Crippen LogP contribution is 2.31. The molecule has 0 saturated carbocycles. The lowest BCUT2D eigenvalue weighted by Crippen LogP contribution is -2.24. The van der Waals surface area contributed by atoms with E-state index < -0.39 is 11.2 Å². The lowest BCUT2D eigenvalue weighted by atomic mass is 9.84. The van der Waals surface area contributed by atoms with Gasteiger partial charge in [-0.3, -0.25) is 5.10 Å². The van der Waals surface area contributed by atoms with Crippen molar-refractivity contribution in [1.82, 2.24) is 24.8 Å². The van der Waals surface area contributed by atoms with Crippen molar-refractivity contribution in [3.05, 3.63) is 71.3 Å². The summed E-state index contributed by atoms with van der Waals surface area (Å²) in [6.45, 7) is 5.75. The van der Waals surface area contributed by atoms with Crippen molar-refractivity contribution in [2.75, 3.05) is 5.32 Å². The van der Waals surface area contributed by atoms with Crippen LogP contribution in [0, 0.1) is 18.6 Å². The van der Waals surface area contributed by atoms with E-state index in [4.69, 9.17) is 0 Å². The Morgan fingerprint density at radius 2 is 1.81 bits per heavy atom. The summed E-state index contributed by atoms with van der Waals surface area (Å²) < 4.78 is 28.6. The number of nitrogens with one attached hydrogen (secondary N) is 2. The Labute approximate surface area is 154 Å². The van der Waals surface area contributed by atoms with Gasteiger partial charge in [0.25, 0.3) is 0 Å². The maximum Gasteiger partial charge on any atom is 0.161 e. The van der Waals surface area contributed by atoms with Crippen molar-refractivity contribution >= 4 is 17.2 Å². The fraction of sp³-hybridized carbons (Fsp3) is 0.211. The molecule has 27 heavy (non-hydrogen) atoms. The van der Waals surface area contributed by atoms with Gasteiger partial charge in [0.2, 0.25) is 0 Å². The first-order chi connectivity index (χ1) is 12.8. The maximum absolute atomic E-state index is 13.9. The van der Waals surface area contributed by atoms with Crippen molar-refractivity contribution in [2.45, 2.75) is 26.2 Å². The zero-order valence-electron chi connectivity index (χ0n) is 15.1. The second kappa shape index (κ2) is 6.15. The average Bonchev–Trinajstić information content (AvgIpc) is 3.20. The van der Waals surface area contributed by atoms with Crippen molar-refractivity contribution in [2.24, 2.45) is 0 Å². The molecule has 138 valence electrons. The number of aromatic nitrogens is 5. The Morgan fingerprint density at radius 1 is 1.07 bits per heavy atom. The summed E-state index contributed by atoms with van der Waals surface area (Å²) in [4.78, 5) is 4.63. The van der Waals surface area contributed by atoms with Gasteiger partial charge in [0.05, 0.1) is 11.6 Å². The summed E-state index contributed by atoms with van der Waals surface area (Å²) in [7, 11) is 0. The molecule has 0 amide bonds. The van der Waals surface area contributed by atoms with Crippen LogP contribution >= 0.6 is 0 Å². The van der Waals surface area contributed by atoms with E-state index >= 15 is 0 Å². The van der Waals surface area contributed by atoms with Crippen LogP contribution in [0.5, 0.6) is 0 Å². The zero-order valence-corrected chi connectivity index (χ0v) is 15.1. The molecule has 0 fully saturated rings. The summed E-state index contributed by atoms with van der Waals surface area (Å²) in [5.41, 5.74) is 1.60. The molecule has 0 atom stereocenters. The van der Waals surface area contributed by atoms with Crippen molar-refractivity contribution in [3.8, 4) is 0 Å². The molecule has 3 heterocycles. The number of aryl methyl sites for hydroxylation is 1. The van der Waals surface area contributed by atoms with Gasteiger partial charge >= 0.3 is 0 Å². The van der Waals surface area contributed by atoms with E-state index in [-0.39, 0.29) is 5.82 Å². The number of anilines is 2. The standard InChI is InChI=1S/C19H18F2N6/c1-11-8-16(25-24-11)22-17-15-9-14(21)10-27(15)26-18(23-17)19(2,3)12-4-6-13(20)7-5-12/h4-10H,1-3H3,(H2,22,23,24,25,26). The third kappa shape index (κ3) is 3.14. The second-order valence-corrected chi connectivity index (χ2v) is 6.97. The van der Waals surface area contributed by atoms with Gasteiger partial charge < -0.3 is 5.32 Å². The molecule has 0 unspecified atom stereocenters. The Morgan fingerprint density at radius 3 is 2.48 bits per heavy atom. The van der Waals surface area contributed by atoms with Crippen molar-refractivity contribution in [3.63, 3.8) is 0 Å².